The van der Waals surface area contributed by atoms with Gasteiger partial charge in [0.1, 0.15) is 12.6 Å². The van der Waals surface area contributed by atoms with Crippen molar-refractivity contribution in [2.45, 2.75) is 19.6 Å². The minimum atomic E-state index is -1.01. The van der Waals surface area contributed by atoms with Crippen molar-refractivity contribution in [3.05, 3.63) is 100 Å². The molecule has 0 bridgehead atoms. The number of carbonyl (C=O) groups is 2. The highest BCUT2D eigenvalue weighted by molar-refractivity contribution is 5.90. The summed E-state index contributed by atoms with van der Waals surface area (Å²) < 4.78 is 7.16. The maximum Gasteiger partial charge on any atom is 0.338 e. The standard InChI is InChI=1S/C25H20N2O6/c1-16(33-25(30)17-7-3-2-4-8-17)20-13-19(11-12-22(20)27(31)32)23-14-18-9-5-6-10-21(18)26(23)15-24(28)29/h2-14,16H,15H2,1H3,(H,28,29). The van der Waals surface area contributed by atoms with E-state index in [4.69, 9.17) is 4.74 Å². The minimum Gasteiger partial charge on any atom is -0.480 e. The van der Waals surface area contributed by atoms with E-state index >= 15 is 0 Å². The van der Waals surface area contributed by atoms with Crippen molar-refractivity contribution in [1.82, 2.24) is 4.57 Å². The average Bonchev–Trinajstić information content (AvgIpc) is 3.17. The van der Waals surface area contributed by atoms with Crippen LogP contribution >= 0.6 is 0 Å². The summed E-state index contributed by atoms with van der Waals surface area (Å²) in [5.41, 5.74) is 2.28. The van der Waals surface area contributed by atoms with Crippen LogP contribution in [0.3, 0.4) is 0 Å². The molecule has 33 heavy (non-hydrogen) atoms. The first-order chi connectivity index (χ1) is 15.8. The van der Waals surface area contributed by atoms with Crippen molar-refractivity contribution in [3.63, 3.8) is 0 Å². The fourth-order valence-corrected chi connectivity index (χ4v) is 3.83. The number of hydrogen-bond acceptors (Lipinski definition) is 5. The summed E-state index contributed by atoms with van der Waals surface area (Å²) in [6.07, 6.45) is -0.907. The number of rotatable bonds is 7. The summed E-state index contributed by atoms with van der Waals surface area (Å²) >= 11 is 0. The Balaban J connectivity index is 1.78. The van der Waals surface area contributed by atoms with Crippen LogP contribution in [0.4, 0.5) is 5.69 Å². The topological polar surface area (TPSA) is 112 Å². The molecule has 0 aliphatic carbocycles. The summed E-state index contributed by atoms with van der Waals surface area (Å²) in [7, 11) is 0. The third-order valence-electron chi connectivity index (χ3n) is 5.36. The third kappa shape index (κ3) is 4.45. The van der Waals surface area contributed by atoms with Gasteiger partial charge in [0, 0.05) is 22.7 Å². The van der Waals surface area contributed by atoms with Crippen LogP contribution in [0.1, 0.15) is 28.9 Å². The van der Waals surface area contributed by atoms with E-state index in [1.54, 1.807) is 54.0 Å². The van der Waals surface area contributed by atoms with E-state index in [1.165, 1.54) is 6.07 Å². The van der Waals surface area contributed by atoms with Gasteiger partial charge in [-0.15, -0.1) is 0 Å². The number of aromatic nitrogens is 1. The fourth-order valence-electron chi connectivity index (χ4n) is 3.83. The van der Waals surface area contributed by atoms with Crippen molar-refractivity contribution in [1.29, 1.82) is 0 Å². The lowest BCUT2D eigenvalue weighted by molar-refractivity contribution is -0.386. The number of benzene rings is 3. The Labute approximate surface area is 188 Å². The molecule has 0 saturated heterocycles. The van der Waals surface area contributed by atoms with Crippen LogP contribution in [0, 0.1) is 10.1 Å². The van der Waals surface area contributed by atoms with Crippen LogP contribution in [0.25, 0.3) is 22.2 Å². The maximum absolute atomic E-state index is 12.5. The lowest BCUT2D eigenvalue weighted by Crippen LogP contribution is -2.12. The fraction of sp³-hybridized carbons (Fsp3) is 0.120. The van der Waals surface area contributed by atoms with Crippen molar-refractivity contribution < 1.29 is 24.4 Å². The van der Waals surface area contributed by atoms with Crippen molar-refractivity contribution in [2.24, 2.45) is 0 Å². The molecule has 0 saturated carbocycles. The molecule has 1 N–H and O–H groups in total. The molecule has 0 radical (unpaired) electrons. The van der Waals surface area contributed by atoms with Crippen LogP contribution in [0.5, 0.6) is 0 Å². The number of nitrogens with zero attached hydrogens (tertiary/aromatic N) is 2. The second-order valence-corrected chi connectivity index (χ2v) is 7.51. The molecule has 3 aromatic carbocycles. The quantitative estimate of drug-likeness (QED) is 0.238. The SMILES string of the molecule is CC(OC(=O)c1ccccc1)c1cc(-c2cc3ccccc3n2CC(=O)O)ccc1[N+](=O)[O-]. The molecule has 4 rings (SSSR count). The molecule has 0 spiro atoms. The van der Waals surface area contributed by atoms with Gasteiger partial charge in [-0.2, -0.15) is 0 Å². The van der Waals surface area contributed by atoms with Gasteiger partial charge >= 0.3 is 11.9 Å². The number of nitro benzene ring substituents is 1. The molecule has 0 aliphatic rings. The Bertz CT molecular complexity index is 1360. The number of hydrogen-bond donors (Lipinski definition) is 1. The molecular weight excluding hydrogens is 424 g/mol. The first kappa shape index (κ1) is 21.8. The highest BCUT2D eigenvalue weighted by Gasteiger charge is 2.24. The lowest BCUT2D eigenvalue weighted by atomic mass is 10.0. The Kier molecular flexibility index (Phi) is 5.91. The molecular formula is C25H20N2O6. The predicted molar refractivity (Wildman–Crippen MR) is 122 cm³/mol. The van der Waals surface area contributed by atoms with E-state index in [-0.39, 0.29) is 17.8 Å². The van der Waals surface area contributed by atoms with Gasteiger partial charge in [0.15, 0.2) is 0 Å². The zero-order valence-corrected chi connectivity index (χ0v) is 17.7. The maximum atomic E-state index is 12.5. The van der Waals surface area contributed by atoms with Crippen molar-refractivity contribution >= 4 is 28.5 Å². The molecule has 166 valence electrons. The third-order valence-corrected chi connectivity index (χ3v) is 5.36. The molecule has 8 nitrogen and oxygen atoms in total. The van der Waals surface area contributed by atoms with Gasteiger partial charge in [-0.1, -0.05) is 36.4 Å². The summed E-state index contributed by atoms with van der Waals surface area (Å²) in [6.45, 7) is 1.30. The van der Waals surface area contributed by atoms with E-state index < -0.39 is 23.0 Å². The number of carboxylic acids is 1. The summed E-state index contributed by atoms with van der Waals surface area (Å²) in [6, 6.07) is 22.1. The van der Waals surface area contributed by atoms with Crippen LogP contribution in [-0.2, 0) is 16.1 Å². The second kappa shape index (κ2) is 8.96. The number of aliphatic carboxylic acids is 1. The Morgan fingerprint density at radius 1 is 1.03 bits per heavy atom. The zero-order valence-electron chi connectivity index (χ0n) is 17.7. The number of esters is 1. The summed E-state index contributed by atoms with van der Waals surface area (Å²) in [5.74, 6) is -1.60. The van der Waals surface area contributed by atoms with Gasteiger partial charge in [0.05, 0.1) is 16.1 Å². The molecule has 0 aliphatic heterocycles. The Morgan fingerprint density at radius 2 is 1.73 bits per heavy atom. The number of nitro groups is 1. The molecule has 1 heterocycles. The molecule has 0 fully saturated rings. The number of carbonyl (C=O) groups excluding carboxylic acids is 1. The van der Waals surface area contributed by atoms with Gasteiger partial charge in [-0.3, -0.25) is 14.9 Å². The predicted octanol–water partition coefficient (Wildman–Crippen LogP) is 5.22. The van der Waals surface area contributed by atoms with E-state index in [2.05, 4.69) is 0 Å². The van der Waals surface area contributed by atoms with Gasteiger partial charge in [-0.05, 0) is 48.9 Å². The van der Waals surface area contributed by atoms with Crippen LogP contribution in [-0.4, -0.2) is 26.5 Å². The van der Waals surface area contributed by atoms with Gasteiger partial charge in [-0.25, -0.2) is 4.79 Å². The largest absolute Gasteiger partial charge is 0.480 e. The Hall–Kier alpha value is -4.46. The van der Waals surface area contributed by atoms with Gasteiger partial charge in [0.2, 0.25) is 0 Å². The van der Waals surface area contributed by atoms with Gasteiger partial charge < -0.3 is 14.4 Å². The van der Waals surface area contributed by atoms with Crippen LogP contribution < -0.4 is 0 Å². The highest BCUT2D eigenvalue weighted by Crippen LogP contribution is 2.35. The normalized spacial score (nSPS) is 11.8. The first-order valence-corrected chi connectivity index (χ1v) is 10.2. The molecule has 0 amide bonds. The second-order valence-electron chi connectivity index (χ2n) is 7.51. The monoisotopic (exact) mass is 444 g/mol. The first-order valence-electron chi connectivity index (χ1n) is 10.2. The van der Waals surface area contributed by atoms with Crippen LogP contribution in [0.15, 0.2) is 78.9 Å². The zero-order chi connectivity index (χ0) is 23.5. The lowest BCUT2D eigenvalue weighted by Gasteiger charge is -2.16. The van der Waals surface area contributed by atoms with Crippen molar-refractivity contribution in [3.8, 4) is 11.3 Å². The van der Waals surface area contributed by atoms with Gasteiger partial charge in [0.25, 0.3) is 5.69 Å². The van der Waals surface area contributed by atoms with E-state index in [0.29, 0.717) is 16.8 Å². The molecule has 1 atom stereocenters. The summed E-state index contributed by atoms with van der Waals surface area (Å²) in [5, 5.41) is 21.9. The molecule has 4 aromatic rings. The van der Waals surface area contributed by atoms with E-state index in [0.717, 1.165) is 10.9 Å². The van der Waals surface area contributed by atoms with E-state index in [9.17, 15) is 24.8 Å². The number of ether oxygens (including phenoxy) is 1. The molecule has 1 unspecified atom stereocenters. The van der Waals surface area contributed by atoms with Crippen molar-refractivity contribution in [2.75, 3.05) is 0 Å². The number of fused-ring (bicyclic) bond motifs is 1. The number of para-hydroxylation sites is 1. The summed E-state index contributed by atoms with van der Waals surface area (Å²) in [4.78, 5) is 35.1. The van der Waals surface area contributed by atoms with Crippen LogP contribution in [0.2, 0.25) is 0 Å². The smallest absolute Gasteiger partial charge is 0.338 e. The van der Waals surface area contributed by atoms with E-state index in [1.807, 2.05) is 30.3 Å². The average molecular weight is 444 g/mol. The Morgan fingerprint density at radius 3 is 2.42 bits per heavy atom. The highest BCUT2D eigenvalue weighted by atomic mass is 16.6. The number of carboxylic acid groups (broad SMARTS) is 1. The minimum absolute atomic E-state index is 0.187. The molecule has 1 aromatic heterocycles. The molecule has 8 heteroatoms.